The molecule has 1 aliphatic heterocycles. The van der Waals surface area contributed by atoms with E-state index < -0.39 is 0 Å². The molecule has 2 aromatic heterocycles. The third-order valence-electron chi connectivity index (χ3n) is 5.06. The van der Waals surface area contributed by atoms with Crippen molar-refractivity contribution in [3.05, 3.63) is 67.0 Å². The zero-order chi connectivity index (χ0) is 20.9. The first-order chi connectivity index (χ1) is 14.7. The van der Waals surface area contributed by atoms with E-state index in [1.807, 2.05) is 32.3 Å². The molecule has 3 aromatic rings. The topological polar surface area (TPSA) is 72.7 Å². The lowest BCUT2D eigenvalue weighted by atomic mass is 10.2. The number of anilines is 1. The van der Waals surface area contributed by atoms with E-state index in [4.69, 9.17) is 4.74 Å². The molecule has 0 saturated carbocycles. The lowest BCUT2D eigenvalue weighted by molar-refractivity contribution is -0.697. The molecule has 1 aromatic carbocycles. The Morgan fingerprint density at radius 3 is 2.67 bits per heavy atom. The number of rotatable bonds is 8. The third-order valence-corrected chi connectivity index (χ3v) is 6.15. The Hall–Kier alpha value is -2.68. The Balaban J connectivity index is 1.39. The molecule has 30 heavy (non-hydrogen) atoms. The first kappa shape index (κ1) is 20.6. The molecule has 8 heteroatoms. The van der Waals surface area contributed by atoms with Gasteiger partial charge in [-0.1, -0.05) is 17.8 Å². The third kappa shape index (κ3) is 4.56. The number of ether oxygens (including phenoxy) is 1. The van der Waals surface area contributed by atoms with Gasteiger partial charge < -0.3 is 15.0 Å². The molecule has 0 aliphatic carbocycles. The number of benzene rings is 1. The van der Waals surface area contributed by atoms with Gasteiger partial charge in [-0.3, -0.25) is 9.55 Å². The summed E-state index contributed by atoms with van der Waals surface area (Å²) in [5, 5.41) is 11.9. The van der Waals surface area contributed by atoms with Crippen LogP contribution in [0.5, 0.6) is 0 Å². The lowest BCUT2D eigenvalue weighted by Crippen LogP contribution is -2.82. The zero-order valence-corrected chi connectivity index (χ0v) is 18.1. The van der Waals surface area contributed by atoms with Crippen molar-refractivity contribution < 1.29 is 10.1 Å². The smallest absolute Gasteiger partial charge is 0.217 e. The zero-order valence-electron chi connectivity index (χ0n) is 17.3. The molecule has 0 unspecified atom stereocenters. The molecule has 3 heterocycles. The van der Waals surface area contributed by atoms with E-state index in [0.29, 0.717) is 6.54 Å². The van der Waals surface area contributed by atoms with Crippen LogP contribution in [-0.4, -0.2) is 52.2 Å². The van der Waals surface area contributed by atoms with Crippen molar-refractivity contribution in [2.75, 3.05) is 31.3 Å². The van der Waals surface area contributed by atoms with Gasteiger partial charge in [0.1, 0.15) is 12.6 Å². The van der Waals surface area contributed by atoms with Crippen LogP contribution in [0.25, 0.3) is 11.4 Å². The molecule has 2 atom stereocenters. The number of thioether (sulfide) groups is 1. The molecular formula is C22H27N6OS+. The molecule has 0 bridgehead atoms. The Bertz CT molecular complexity index is 973. The summed E-state index contributed by atoms with van der Waals surface area (Å²) in [5.74, 6) is 1.66. The van der Waals surface area contributed by atoms with Crippen LogP contribution in [0.2, 0.25) is 0 Å². The minimum Gasteiger partial charge on any atom is -0.378 e. The predicted octanol–water partition coefficient (Wildman–Crippen LogP) is 2.35. The van der Waals surface area contributed by atoms with Crippen LogP contribution in [0.15, 0.2) is 66.6 Å². The molecule has 1 aliphatic rings. The Morgan fingerprint density at radius 2 is 1.97 bits per heavy atom. The maximum Gasteiger partial charge on any atom is 0.217 e. The minimum absolute atomic E-state index is 0.0465. The summed E-state index contributed by atoms with van der Waals surface area (Å²) in [6.07, 6.45) is 5.60. The Kier molecular flexibility index (Phi) is 6.47. The van der Waals surface area contributed by atoms with E-state index in [1.165, 1.54) is 11.3 Å². The molecular weight excluding hydrogens is 396 g/mol. The van der Waals surface area contributed by atoms with Crippen molar-refractivity contribution in [1.29, 1.82) is 0 Å². The molecule has 1 saturated heterocycles. The maximum absolute atomic E-state index is 6.28. The SMILES string of the molecule is C=CCn1c(SC[C@@H]2C[NH2+][C@H](c3ccc(N(C)C)cc3)O2)nnc1-c1ccncc1. The van der Waals surface area contributed by atoms with Crippen LogP contribution < -0.4 is 10.2 Å². The van der Waals surface area contributed by atoms with Crippen molar-refractivity contribution >= 4 is 17.4 Å². The second-order valence-corrected chi connectivity index (χ2v) is 8.38. The number of pyridine rings is 1. The van der Waals surface area contributed by atoms with Crippen molar-refractivity contribution in [1.82, 2.24) is 19.7 Å². The quantitative estimate of drug-likeness (QED) is 0.443. The normalized spacial score (nSPS) is 18.5. The average Bonchev–Trinajstić information content (AvgIpc) is 3.40. The molecule has 2 N–H and O–H groups in total. The first-order valence-electron chi connectivity index (χ1n) is 9.99. The summed E-state index contributed by atoms with van der Waals surface area (Å²) >= 11 is 1.68. The molecule has 0 spiro atoms. The van der Waals surface area contributed by atoms with Crippen LogP contribution in [0, 0.1) is 0 Å². The van der Waals surface area contributed by atoms with Gasteiger partial charge in [0, 0.05) is 55.6 Å². The van der Waals surface area contributed by atoms with Crippen LogP contribution >= 0.6 is 11.8 Å². The summed E-state index contributed by atoms with van der Waals surface area (Å²) in [6.45, 7) is 5.47. The highest BCUT2D eigenvalue weighted by Gasteiger charge is 2.30. The van der Waals surface area contributed by atoms with Gasteiger partial charge in [0.15, 0.2) is 11.0 Å². The van der Waals surface area contributed by atoms with Gasteiger partial charge >= 0.3 is 0 Å². The summed E-state index contributed by atoms with van der Waals surface area (Å²) in [5.41, 5.74) is 3.39. The minimum atomic E-state index is 0.0465. The molecule has 7 nitrogen and oxygen atoms in total. The van der Waals surface area contributed by atoms with E-state index >= 15 is 0 Å². The highest BCUT2D eigenvalue weighted by molar-refractivity contribution is 7.99. The van der Waals surface area contributed by atoms with E-state index in [9.17, 15) is 0 Å². The Labute approximate surface area is 181 Å². The van der Waals surface area contributed by atoms with Crippen molar-refractivity contribution in [3.8, 4) is 11.4 Å². The largest absolute Gasteiger partial charge is 0.378 e. The molecule has 156 valence electrons. The number of hydrogen-bond acceptors (Lipinski definition) is 6. The second kappa shape index (κ2) is 9.42. The fraction of sp³-hybridized carbons (Fsp3) is 0.318. The lowest BCUT2D eigenvalue weighted by Gasteiger charge is -2.14. The maximum atomic E-state index is 6.28. The van der Waals surface area contributed by atoms with Crippen LogP contribution in [0.1, 0.15) is 11.8 Å². The monoisotopic (exact) mass is 423 g/mol. The van der Waals surface area contributed by atoms with Crippen LogP contribution in [0.4, 0.5) is 5.69 Å². The summed E-state index contributed by atoms with van der Waals surface area (Å²) in [4.78, 5) is 6.18. The van der Waals surface area contributed by atoms with Crippen molar-refractivity contribution in [2.45, 2.75) is 24.0 Å². The Morgan fingerprint density at radius 1 is 1.20 bits per heavy atom. The summed E-state index contributed by atoms with van der Waals surface area (Å²) in [6, 6.07) is 12.4. The fourth-order valence-electron chi connectivity index (χ4n) is 3.45. The van der Waals surface area contributed by atoms with E-state index in [1.54, 1.807) is 24.2 Å². The van der Waals surface area contributed by atoms with Crippen LogP contribution in [0.3, 0.4) is 0 Å². The van der Waals surface area contributed by atoms with E-state index in [0.717, 1.165) is 28.8 Å². The highest BCUT2D eigenvalue weighted by Crippen LogP contribution is 2.26. The molecule has 0 amide bonds. The van der Waals surface area contributed by atoms with Gasteiger partial charge in [0.25, 0.3) is 0 Å². The predicted molar refractivity (Wildman–Crippen MR) is 119 cm³/mol. The fourth-order valence-corrected chi connectivity index (χ4v) is 4.41. The summed E-state index contributed by atoms with van der Waals surface area (Å²) < 4.78 is 8.37. The molecule has 0 radical (unpaired) electrons. The average molecular weight is 424 g/mol. The molecule has 1 fully saturated rings. The second-order valence-electron chi connectivity index (χ2n) is 7.39. The number of nitrogens with two attached hydrogens (primary N) is 1. The van der Waals surface area contributed by atoms with Gasteiger partial charge in [-0.2, -0.15) is 0 Å². The number of allylic oxidation sites excluding steroid dienone is 1. The van der Waals surface area contributed by atoms with Crippen molar-refractivity contribution in [2.24, 2.45) is 0 Å². The van der Waals surface area contributed by atoms with E-state index in [-0.39, 0.29) is 12.3 Å². The first-order valence-corrected chi connectivity index (χ1v) is 11.0. The van der Waals surface area contributed by atoms with Gasteiger partial charge in [0.05, 0.1) is 0 Å². The summed E-state index contributed by atoms with van der Waals surface area (Å²) in [7, 11) is 4.09. The number of quaternary nitrogens is 1. The van der Waals surface area contributed by atoms with Gasteiger partial charge in [0.2, 0.25) is 6.23 Å². The van der Waals surface area contributed by atoms with Gasteiger partial charge in [-0.25, -0.2) is 0 Å². The number of nitrogens with zero attached hydrogens (tertiary/aromatic N) is 5. The molecule has 4 rings (SSSR count). The highest BCUT2D eigenvalue weighted by atomic mass is 32.2. The number of hydrogen-bond donors (Lipinski definition) is 1. The standard InChI is InChI=1S/C22H26N6OS/c1-4-13-28-20(16-9-11-23-12-10-16)25-26-22(28)30-15-19-14-24-21(29-19)17-5-7-18(8-6-17)27(2)3/h4-12,19,21,24H,1,13-15H2,2-3H3/p+1/t19-,21-/m0/s1. The van der Waals surface area contributed by atoms with E-state index in [2.05, 4.69) is 60.8 Å². The number of aromatic nitrogens is 4. The van der Waals surface area contributed by atoms with Crippen LogP contribution in [-0.2, 0) is 11.3 Å². The van der Waals surface area contributed by atoms with Crippen molar-refractivity contribution in [3.63, 3.8) is 0 Å². The van der Waals surface area contributed by atoms with Gasteiger partial charge in [-0.05, 0) is 36.4 Å². The van der Waals surface area contributed by atoms with Gasteiger partial charge in [-0.15, -0.1) is 16.8 Å².